The predicted molar refractivity (Wildman–Crippen MR) is 66.2 cm³/mol. The number of hydrogen-bond donors (Lipinski definition) is 1. The molecule has 1 aliphatic carbocycles. The van der Waals surface area contributed by atoms with Crippen LogP contribution >= 0.6 is 0 Å². The van der Waals surface area contributed by atoms with Crippen LogP contribution in [-0.2, 0) is 13.0 Å². The third kappa shape index (κ3) is 1.87. The largest absolute Gasteiger partial charge is 0.328 e. The zero-order chi connectivity index (χ0) is 11.0. The molecule has 1 aromatic carbocycles. The Labute approximate surface area is 97.4 Å². The Balaban J connectivity index is 1.73. The molecule has 1 aliphatic heterocycles. The molecule has 2 nitrogen and oxygen atoms in total. The maximum absolute atomic E-state index is 6.00. The van der Waals surface area contributed by atoms with E-state index in [1.165, 1.54) is 37.8 Å². The van der Waals surface area contributed by atoms with Crippen LogP contribution in [0.15, 0.2) is 24.3 Å². The molecule has 0 spiro atoms. The molecule has 1 saturated carbocycles. The van der Waals surface area contributed by atoms with Crippen molar-refractivity contribution in [3.63, 3.8) is 0 Å². The minimum absolute atomic E-state index is 0.446. The van der Waals surface area contributed by atoms with Gasteiger partial charge in [0.05, 0.1) is 0 Å². The molecule has 0 amide bonds. The molecule has 86 valence electrons. The van der Waals surface area contributed by atoms with E-state index in [0.29, 0.717) is 6.04 Å². The van der Waals surface area contributed by atoms with Crippen LogP contribution in [0.3, 0.4) is 0 Å². The lowest BCUT2D eigenvalue weighted by Crippen LogP contribution is -2.38. The van der Waals surface area contributed by atoms with Gasteiger partial charge in [-0.15, -0.1) is 0 Å². The van der Waals surface area contributed by atoms with Crippen LogP contribution in [0.25, 0.3) is 0 Å². The van der Waals surface area contributed by atoms with E-state index in [-0.39, 0.29) is 0 Å². The zero-order valence-electron chi connectivity index (χ0n) is 9.73. The van der Waals surface area contributed by atoms with Crippen molar-refractivity contribution in [3.8, 4) is 0 Å². The Hall–Kier alpha value is -0.860. The SMILES string of the molecule is NC1CCC(N2CCc3ccccc3C2)C1. The second-order valence-corrected chi connectivity index (χ2v) is 5.22. The van der Waals surface area contributed by atoms with Crippen molar-refractivity contribution in [1.82, 2.24) is 4.90 Å². The molecule has 1 heterocycles. The van der Waals surface area contributed by atoms with Crippen LogP contribution in [0.5, 0.6) is 0 Å². The highest BCUT2D eigenvalue weighted by Crippen LogP contribution is 2.28. The summed E-state index contributed by atoms with van der Waals surface area (Å²) < 4.78 is 0. The topological polar surface area (TPSA) is 29.3 Å². The Morgan fingerprint density at radius 3 is 2.69 bits per heavy atom. The average molecular weight is 216 g/mol. The molecular formula is C14H20N2. The van der Waals surface area contributed by atoms with Gasteiger partial charge in [-0.1, -0.05) is 24.3 Å². The van der Waals surface area contributed by atoms with Crippen LogP contribution in [0.1, 0.15) is 30.4 Å². The molecule has 2 aliphatic rings. The van der Waals surface area contributed by atoms with Gasteiger partial charge in [0.2, 0.25) is 0 Å². The minimum atomic E-state index is 0.446. The molecule has 2 N–H and O–H groups in total. The van der Waals surface area contributed by atoms with Crippen molar-refractivity contribution in [1.29, 1.82) is 0 Å². The van der Waals surface area contributed by atoms with Crippen molar-refractivity contribution in [3.05, 3.63) is 35.4 Å². The van der Waals surface area contributed by atoms with E-state index in [1.807, 2.05) is 0 Å². The van der Waals surface area contributed by atoms with Gasteiger partial charge in [0, 0.05) is 25.2 Å². The molecule has 2 atom stereocenters. The van der Waals surface area contributed by atoms with E-state index >= 15 is 0 Å². The second kappa shape index (κ2) is 4.19. The predicted octanol–water partition coefficient (Wildman–Crippen LogP) is 1.92. The summed E-state index contributed by atoms with van der Waals surface area (Å²) in [5, 5.41) is 0. The molecular weight excluding hydrogens is 196 g/mol. The Morgan fingerprint density at radius 2 is 1.94 bits per heavy atom. The number of nitrogens with two attached hydrogens (primary N) is 1. The molecule has 1 fully saturated rings. The summed E-state index contributed by atoms with van der Waals surface area (Å²) in [6.07, 6.45) is 4.91. The highest BCUT2D eigenvalue weighted by molar-refractivity contribution is 5.29. The summed E-state index contributed by atoms with van der Waals surface area (Å²) in [6.45, 7) is 2.35. The second-order valence-electron chi connectivity index (χ2n) is 5.22. The first kappa shape index (κ1) is 10.3. The van der Waals surface area contributed by atoms with Crippen molar-refractivity contribution in [2.45, 2.75) is 44.3 Å². The van der Waals surface area contributed by atoms with Crippen molar-refractivity contribution < 1.29 is 0 Å². The molecule has 0 aromatic heterocycles. The van der Waals surface area contributed by atoms with Gasteiger partial charge in [0.25, 0.3) is 0 Å². The van der Waals surface area contributed by atoms with Gasteiger partial charge in [0.15, 0.2) is 0 Å². The van der Waals surface area contributed by atoms with Gasteiger partial charge >= 0.3 is 0 Å². The van der Waals surface area contributed by atoms with Gasteiger partial charge in [-0.3, -0.25) is 4.90 Å². The quantitative estimate of drug-likeness (QED) is 0.777. The molecule has 2 heteroatoms. The van der Waals surface area contributed by atoms with Gasteiger partial charge in [-0.25, -0.2) is 0 Å². The molecule has 16 heavy (non-hydrogen) atoms. The highest BCUT2D eigenvalue weighted by atomic mass is 15.2. The summed E-state index contributed by atoms with van der Waals surface area (Å²) in [6, 6.07) is 10.0. The maximum atomic E-state index is 6.00. The first-order valence-corrected chi connectivity index (χ1v) is 6.39. The summed E-state index contributed by atoms with van der Waals surface area (Å²) >= 11 is 0. The van der Waals surface area contributed by atoms with E-state index in [9.17, 15) is 0 Å². The first-order valence-electron chi connectivity index (χ1n) is 6.39. The smallest absolute Gasteiger partial charge is 0.0239 e. The Kier molecular flexibility index (Phi) is 2.70. The summed E-state index contributed by atoms with van der Waals surface area (Å²) in [7, 11) is 0. The van der Waals surface area contributed by atoms with Gasteiger partial charge in [-0.2, -0.15) is 0 Å². The monoisotopic (exact) mass is 216 g/mol. The van der Waals surface area contributed by atoms with Crippen LogP contribution in [0.2, 0.25) is 0 Å². The van der Waals surface area contributed by atoms with E-state index in [0.717, 1.165) is 12.6 Å². The standard InChI is InChI=1S/C14H20N2/c15-13-5-6-14(9-13)16-8-7-11-3-1-2-4-12(11)10-16/h1-4,13-14H,5-10,15H2. The van der Waals surface area contributed by atoms with E-state index in [2.05, 4.69) is 29.2 Å². The van der Waals surface area contributed by atoms with Crippen LogP contribution in [0, 0.1) is 0 Å². The Morgan fingerprint density at radius 1 is 1.12 bits per heavy atom. The number of benzene rings is 1. The number of rotatable bonds is 1. The van der Waals surface area contributed by atoms with E-state index < -0.39 is 0 Å². The number of nitrogens with zero attached hydrogens (tertiary/aromatic N) is 1. The molecule has 0 radical (unpaired) electrons. The fraction of sp³-hybridized carbons (Fsp3) is 0.571. The lowest BCUT2D eigenvalue weighted by atomic mass is 9.98. The van der Waals surface area contributed by atoms with Crippen molar-refractivity contribution in [2.75, 3.05) is 6.54 Å². The fourth-order valence-electron chi connectivity index (χ4n) is 3.15. The fourth-order valence-corrected chi connectivity index (χ4v) is 3.15. The average Bonchev–Trinajstić information content (AvgIpc) is 2.75. The molecule has 3 rings (SSSR count). The lowest BCUT2D eigenvalue weighted by molar-refractivity contribution is 0.180. The maximum Gasteiger partial charge on any atom is 0.0239 e. The number of hydrogen-bond acceptors (Lipinski definition) is 2. The Bertz CT molecular complexity index is 375. The summed E-state index contributed by atoms with van der Waals surface area (Å²) in [4.78, 5) is 2.63. The highest BCUT2D eigenvalue weighted by Gasteiger charge is 2.29. The van der Waals surface area contributed by atoms with Crippen LogP contribution in [0.4, 0.5) is 0 Å². The van der Waals surface area contributed by atoms with Gasteiger partial charge < -0.3 is 5.73 Å². The third-order valence-electron chi connectivity index (χ3n) is 4.12. The minimum Gasteiger partial charge on any atom is -0.328 e. The molecule has 2 unspecified atom stereocenters. The third-order valence-corrected chi connectivity index (χ3v) is 4.12. The first-order chi connectivity index (χ1) is 7.83. The zero-order valence-corrected chi connectivity index (χ0v) is 9.73. The van der Waals surface area contributed by atoms with E-state index in [1.54, 1.807) is 5.56 Å². The van der Waals surface area contributed by atoms with Crippen LogP contribution < -0.4 is 5.73 Å². The molecule has 1 aromatic rings. The van der Waals surface area contributed by atoms with Gasteiger partial charge in [-0.05, 0) is 36.8 Å². The summed E-state index contributed by atoms with van der Waals surface area (Å²) in [5.41, 5.74) is 9.06. The number of fused-ring (bicyclic) bond motifs is 1. The summed E-state index contributed by atoms with van der Waals surface area (Å²) in [5.74, 6) is 0. The normalized spacial score (nSPS) is 30.3. The van der Waals surface area contributed by atoms with Crippen LogP contribution in [-0.4, -0.2) is 23.5 Å². The van der Waals surface area contributed by atoms with E-state index in [4.69, 9.17) is 5.73 Å². The lowest BCUT2D eigenvalue weighted by Gasteiger charge is -2.33. The van der Waals surface area contributed by atoms with Crippen molar-refractivity contribution >= 4 is 0 Å². The van der Waals surface area contributed by atoms with Gasteiger partial charge in [0.1, 0.15) is 0 Å². The van der Waals surface area contributed by atoms with Crippen molar-refractivity contribution in [2.24, 2.45) is 5.73 Å². The molecule has 0 saturated heterocycles. The molecule has 0 bridgehead atoms.